The van der Waals surface area contributed by atoms with Crippen molar-refractivity contribution in [3.05, 3.63) is 29.8 Å². The molecule has 1 aliphatic heterocycles. The van der Waals surface area contributed by atoms with E-state index >= 15 is 0 Å². The van der Waals surface area contributed by atoms with Crippen LogP contribution in [0.25, 0.3) is 0 Å². The van der Waals surface area contributed by atoms with Crippen molar-refractivity contribution in [2.75, 3.05) is 24.7 Å². The second-order valence-corrected chi connectivity index (χ2v) is 6.41. The van der Waals surface area contributed by atoms with Gasteiger partial charge in [-0.15, -0.1) is 0 Å². The van der Waals surface area contributed by atoms with E-state index in [-0.39, 0.29) is 6.10 Å². The summed E-state index contributed by atoms with van der Waals surface area (Å²) in [6, 6.07) is 9.14. The van der Waals surface area contributed by atoms with Crippen LogP contribution < -0.4 is 4.74 Å². The van der Waals surface area contributed by atoms with Gasteiger partial charge in [-0.05, 0) is 37.5 Å². The molecule has 0 spiro atoms. The Kier molecular flexibility index (Phi) is 6.03. The van der Waals surface area contributed by atoms with Crippen LogP contribution >= 0.6 is 0 Å². The molecule has 0 radical (unpaired) electrons. The maximum Gasteiger partial charge on any atom is 0.120 e. The summed E-state index contributed by atoms with van der Waals surface area (Å²) in [5.74, 6) is 1.97. The zero-order chi connectivity index (χ0) is 14.2. The number of hydrogen-bond acceptors (Lipinski definition) is 4. The Balaban J connectivity index is 1.63. The zero-order valence-electron chi connectivity index (χ0n) is 11.4. The highest BCUT2D eigenvalue weighted by Crippen LogP contribution is 2.14. The number of nitriles is 1. The average molecular weight is 293 g/mol. The normalized spacial score (nSPS) is 19.4. The van der Waals surface area contributed by atoms with Crippen LogP contribution in [0.1, 0.15) is 24.8 Å². The van der Waals surface area contributed by atoms with Crippen LogP contribution in [0.2, 0.25) is 0 Å². The van der Waals surface area contributed by atoms with Crippen LogP contribution in [0.5, 0.6) is 5.75 Å². The highest BCUT2D eigenvalue weighted by molar-refractivity contribution is 7.85. The molecule has 2 atom stereocenters. The Morgan fingerprint density at radius 3 is 3.15 bits per heavy atom. The van der Waals surface area contributed by atoms with Gasteiger partial charge in [0.15, 0.2) is 0 Å². The predicted molar refractivity (Wildman–Crippen MR) is 78.1 cm³/mol. The maximum absolute atomic E-state index is 11.8. The van der Waals surface area contributed by atoms with Gasteiger partial charge in [0.1, 0.15) is 5.75 Å². The second kappa shape index (κ2) is 8.03. The number of ether oxygens (including phenoxy) is 2. The molecule has 1 heterocycles. The number of rotatable bonds is 7. The molecule has 2 rings (SSSR count). The summed E-state index contributed by atoms with van der Waals surface area (Å²) in [5.41, 5.74) is 0.587. The minimum atomic E-state index is -0.831. The van der Waals surface area contributed by atoms with Crippen molar-refractivity contribution in [2.24, 2.45) is 0 Å². The second-order valence-electron chi connectivity index (χ2n) is 4.79. The van der Waals surface area contributed by atoms with E-state index in [9.17, 15) is 4.21 Å². The number of nitrogens with zero attached hydrogens (tertiary/aromatic N) is 1. The van der Waals surface area contributed by atoms with Gasteiger partial charge in [0, 0.05) is 28.9 Å². The molecule has 20 heavy (non-hydrogen) atoms. The maximum atomic E-state index is 11.8. The van der Waals surface area contributed by atoms with Crippen LogP contribution in [0.15, 0.2) is 24.3 Å². The third-order valence-corrected chi connectivity index (χ3v) is 4.63. The fraction of sp³-hybridized carbons (Fsp3) is 0.533. The van der Waals surface area contributed by atoms with Crippen molar-refractivity contribution in [3.8, 4) is 11.8 Å². The molecule has 2 unspecified atom stereocenters. The minimum Gasteiger partial charge on any atom is -0.494 e. The van der Waals surface area contributed by atoms with Gasteiger partial charge in [0.2, 0.25) is 0 Å². The lowest BCUT2D eigenvalue weighted by molar-refractivity contribution is 0.128. The molecular weight excluding hydrogens is 274 g/mol. The molecule has 0 bridgehead atoms. The van der Waals surface area contributed by atoms with E-state index in [1.54, 1.807) is 18.2 Å². The SMILES string of the molecule is N#Cc1cccc(OCCCS(=O)CC2CCCO2)c1. The van der Waals surface area contributed by atoms with Crippen LogP contribution in [-0.2, 0) is 15.5 Å². The molecule has 0 saturated carbocycles. The largest absolute Gasteiger partial charge is 0.494 e. The topological polar surface area (TPSA) is 59.3 Å². The molecule has 0 amide bonds. The summed E-state index contributed by atoms with van der Waals surface area (Å²) in [6.07, 6.45) is 3.04. The Bertz CT molecular complexity index is 492. The summed E-state index contributed by atoms with van der Waals surface area (Å²) in [6.45, 7) is 1.33. The third-order valence-electron chi connectivity index (χ3n) is 3.14. The quantitative estimate of drug-likeness (QED) is 0.724. The molecule has 0 aliphatic carbocycles. The van der Waals surface area contributed by atoms with E-state index in [1.165, 1.54) is 0 Å². The van der Waals surface area contributed by atoms with Gasteiger partial charge < -0.3 is 9.47 Å². The van der Waals surface area contributed by atoms with Crippen LogP contribution in [0.3, 0.4) is 0 Å². The smallest absolute Gasteiger partial charge is 0.120 e. The van der Waals surface area contributed by atoms with Crippen molar-refractivity contribution in [3.63, 3.8) is 0 Å². The van der Waals surface area contributed by atoms with Gasteiger partial charge in [-0.2, -0.15) is 5.26 Å². The Hall–Kier alpha value is -1.38. The summed E-state index contributed by atoms with van der Waals surface area (Å²) in [5, 5.41) is 8.78. The highest BCUT2D eigenvalue weighted by atomic mass is 32.2. The molecule has 1 saturated heterocycles. The lowest BCUT2D eigenvalue weighted by Crippen LogP contribution is -2.18. The molecule has 5 heteroatoms. The summed E-state index contributed by atoms with van der Waals surface area (Å²) in [7, 11) is -0.831. The van der Waals surface area contributed by atoms with E-state index in [0.717, 1.165) is 25.9 Å². The standard InChI is InChI=1S/C15H19NO3S/c16-11-13-4-1-5-14(10-13)18-8-3-9-20(17)12-15-6-2-7-19-15/h1,4-5,10,15H,2-3,6-9,12H2. The van der Waals surface area contributed by atoms with E-state index in [0.29, 0.717) is 29.4 Å². The zero-order valence-corrected chi connectivity index (χ0v) is 12.2. The van der Waals surface area contributed by atoms with Gasteiger partial charge in [0.25, 0.3) is 0 Å². The van der Waals surface area contributed by atoms with Gasteiger partial charge >= 0.3 is 0 Å². The minimum absolute atomic E-state index is 0.184. The lowest BCUT2D eigenvalue weighted by Gasteiger charge is -2.09. The van der Waals surface area contributed by atoms with Crippen LogP contribution in [-0.4, -0.2) is 35.0 Å². The van der Waals surface area contributed by atoms with Crippen LogP contribution in [0.4, 0.5) is 0 Å². The first-order valence-corrected chi connectivity index (χ1v) is 8.36. The number of benzene rings is 1. The monoisotopic (exact) mass is 293 g/mol. The predicted octanol–water partition coefficient (Wildman–Crippen LogP) is 2.25. The Morgan fingerprint density at radius 2 is 2.40 bits per heavy atom. The van der Waals surface area contributed by atoms with Crippen molar-refractivity contribution in [1.29, 1.82) is 5.26 Å². The molecule has 4 nitrogen and oxygen atoms in total. The molecule has 108 valence electrons. The van der Waals surface area contributed by atoms with E-state index in [2.05, 4.69) is 6.07 Å². The third kappa shape index (κ3) is 4.95. The molecule has 1 aliphatic rings. The van der Waals surface area contributed by atoms with Crippen LogP contribution in [0, 0.1) is 11.3 Å². The average Bonchev–Trinajstić information content (AvgIpc) is 2.97. The summed E-state index contributed by atoms with van der Waals surface area (Å²) >= 11 is 0. The molecule has 0 N–H and O–H groups in total. The fourth-order valence-corrected chi connectivity index (χ4v) is 3.42. The van der Waals surface area contributed by atoms with Crippen molar-refractivity contribution >= 4 is 10.8 Å². The van der Waals surface area contributed by atoms with Gasteiger partial charge in [-0.3, -0.25) is 4.21 Å². The van der Waals surface area contributed by atoms with Crippen molar-refractivity contribution < 1.29 is 13.7 Å². The molecule has 1 aromatic rings. The van der Waals surface area contributed by atoms with Gasteiger partial charge in [-0.1, -0.05) is 6.07 Å². The first kappa shape index (κ1) is 15.0. The molecule has 1 fully saturated rings. The van der Waals surface area contributed by atoms with Gasteiger partial charge in [-0.25, -0.2) is 0 Å². The lowest BCUT2D eigenvalue weighted by atomic mass is 10.2. The van der Waals surface area contributed by atoms with E-state index < -0.39 is 10.8 Å². The summed E-state index contributed by atoms with van der Waals surface area (Å²) < 4.78 is 22.9. The fourth-order valence-electron chi connectivity index (χ4n) is 2.13. The first-order valence-electron chi connectivity index (χ1n) is 6.87. The Labute approximate surface area is 122 Å². The molecule has 0 aromatic heterocycles. The summed E-state index contributed by atoms with van der Waals surface area (Å²) in [4.78, 5) is 0. The van der Waals surface area contributed by atoms with E-state index in [1.807, 2.05) is 6.07 Å². The Morgan fingerprint density at radius 1 is 1.50 bits per heavy atom. The first-order chi connectivity index (χ1) is 9.78. The van der Waals surface area contributed by atoms with E-state index in [4.69, 9.17) is 14.7 Å². The molecule has 1 aromatic carbocycles. The van der Waals surface area contributed by atoms with Crippen molar-refractivity contribution in [2.45, 2.75) is 25.4 Å². The molecular formula is C15H19NO3S. The van der Waals surface area contributed by atoms with Crippen molar-refractivity contribution in [1.82, 2.24) is 0 Å². The highest BCUT2D eigenvalue weighted by Gasteiger charge is 2.17. The number of hydrogen-bond donors (Lipinski definition) is 0. The van der Waals surface area contributed by atoms with Gasteiger partial charge in [0.05, 0.1) is 24.3 Å².